The molecule has 0 spiro atoms. The molecule has 1 aliphatic heterocycles. The molecule has 19 heavy (non-hydrogen) atoms. The Bertz CT molecular complexity index is 568. The fraction of sp³-hybridized carbons (Fsp3) is 0.429. The van der Waals surface area contributed by atoms with Crippen molar-refractivity contribution in [1.29, 1.82) is 0 Å². The van der Waals surface area contributed by atoms with Crippen molar-refractivity contribution in [3.05, 3.63) is 29.5 Å². The molecular weight excluding hydrogens is 248 g/mol. The van der Waals surface area contributed by atoms with Gasteiger partial charge in [0.2, 0.25) is 0 Å². The van der Waals surface area contributed by atoms with Crippen LogP contribution in [0.2, 0.25) is 0 Å². The summed E-state index contributed by atoms with van der Waals surface area (Å²) < 4.78 is 22.0. The zero-order valence-corrected chi connectivity index (χ0v) is 10.7. The van der Waals surface area contributed by atoms with Gasteiger partial charge in [0.1, 0.15) is 0 Å². The van der Waals surface area contributed by atoms with Gasteiger partial charge in [-0.1, -0.05) is 0 Å². The largest absolute Gasteiger partial charge is 0.493 e. The van der Waals surface area contributed by atoms with Crippen molar-refractivity contribution in [3.8, 4) is 5.75 Å². The molecule has 1 aromatic heterocycles. The van der Waals surface area contributed by atoms with Gasteiger partial charge in [-0.2, -0.15) is 0 Å². The van der Waals surface area contributed by atoms with Gasteiger partial charge >= 0.3 is 0 Å². The smallest absolute Gasteiger partial charge is 0.184 e. The maximum absolute atomic E-state index is 9.14. The Labute approximate surface area is 110 Å². The lowest BCUT2D eigenvalue weighted by Crippen LogP contribution is -2.01. The third-order valence-corrected chi connectivity index (χ3v) is 3.27. The fourth-order valence-electron chi connectivity index (χ4n) is 2.42. The van der Waals surface area contributed by atoms with E-state index < -0.39 is 0 Å². The SMILES string of the molecule is COc1ccc(C2OCCO2)c2c(CCO)coc12. The van der Waals surface area contributed by atoms with Crippen LogP contribution >= 0.6 is 0 Å². The summed E-state index contributed by atoms with van der Waals surface area (Å²) >= 11 is 0. The molecule has 102 valence electrons. The monoisotopic (exact) mass is 264 g/mol. The standard InChI is InChI=1S/C14H16O5/c1-16-11-3-2-10(14-17-6-7-18-14)12-9(4-5-15)8-19-13(11)12/h2-3,8,14-15H,4-7H2,1H3. The highest BCUT2D eigenvalue weighted by Gasteiger charge is 2.24. The lowest BCUT2D eigenvalue weighted by atomic mass is 10.0. The quantitative estimate of drug-likeness (QED) is 0.915. The van der Waals surface area contributed by atoms with Gasteiger partial charge in [0.05, 0.1) is 26.6 Å². The number of benzene rings is 1. The van der Waals surface area contributed by atoms with E-state index in [1.807, 2.05) is 12.1 Å². The van der Waals surface area contributed by atoms with E-state index in [-0.39, 0.29) is 12.9 Å². The summed E-state index contributed by atoms with van der Waals surface area (Å²) in [4.78, 5) is 0. The van der Waals surface area contributed by atoms with Gasteiger partial charge < -0.3 is 23.7 Å². The van der Waals surface area contributed by atoms with Crippen LogP contribution < -0.4 is 4.74 Å². The summed E-state index contributed by atoms with van der Waals surface area (Å²) in [5, 5.41) is 10.1. The molecular formula is C14H16O5. The van der Waals surface area contributed by atoms with E-state index >= 15 is 0 Å². The molecule has 0 saturated carbocycles. The Morgan fingerprint density at radius 1 is 1.32 bits per heavy atom. The van der Waals surface area contributed by atoms with Gasteiger partial charge in [-0.3, -0.25) is 0 Å². The highest BCUT2D eigenvalue weighted by molar-refractivity contribution is 5.89. The zero-order valence-electron chi connectivity index (χ0n) is 10.7. The number of ether oxygens (including phenoxy) is 3. The molecule has 0 amide bonds. The van der Waals surface area contributed by atoms with E-state index in [0.717, 1.165) is 16.5 Å². The van der Waals surface area contributed by atoms with Gasteiger partial charge in [0, 0.05) is 23.1 Å². The van der Waals surface area contributed by atoms with Crippen LogP contribution in [0.25, 0.3) is 11.0 Å². The normalized spacial score (nSPS) is 16.3. The first kappa shape index (κ1) is 12.5. The molecule has 1 aromatic carbocycles. The molecule has 1 saturated heterocycles. The molecule has 0 radical (unpaired) electrons. The topological polar surface area (TPSA) is 61.1 Å². The summed E-state index contributed by atoms with van der Waals surface area (Å²) in [6, 6.07) is 3.77. The van der Waals surface area contributed by atoms with Crippen LogP contribution in [0.4, 0.5) is 0 Å². The Hall–Kier alpha value is -1.56. The maximum atomic E-state index is 9.14. The van der Waals surface area contributed by atoms with Crippen LogP contribution in [0, 0.1) is 0 Å². The summed E-state index contributed by atoms with van der Waals surface area (Å²) in [5.74, 6) is 0.668. The van der Waals surface area contributed by atoms with E-state index in [4.69, 9.17) is 23.7 Å². The van der Waals surface area contributed by atoms with Crippen LogP contribution in [-0.4, -0.2) is 32.0 Å². The minimum atomic E-state index is -0.372. The van der Waals surface area contributed by atoms with Crippen molar-refractivity contribution in [3.63, 3.8) is 0 Å². The minimum Gasteiger partial charge on any atom is -0.493 e. The molecule has 1 fully saturated rings. The van der Waals surface area contributed by atoms with Crippen LogP contribution in [0.5, 0.6) is 5.75 Å². The molecule has 1 N–H and O–H groups in total. The van der Waals surface area contributed by atoms with E-state index in [9.17, 15) is 0 Å². The molecule has 0 atom stereocenters. The number of methoxy groups -OCH3 is 1. The molecule has 0 aliphatic carbocycles. The molecule has 5 heteroatoms. The van der Waals surface area contributed by atoms with Crippen molar-refractivity contribution in [2.75, 3.05) is 26.9 Å². The average molecular weight is 264 g/mol. The van der Waals surface area contributed by atoms with Crippen molar-refractivity contribution < 1.29 is 23.7 Å². The summed E-state index contributed by atoms with van der Waals surface area (Å²) in [5.41, 5.74) is 2.53. The predicted octanol–water partition coefficient (Wildman–Crippen LogP) is 2.02. The van der Waals surface area contributed by atoms with Crippen molar-refractivity contribution in [2.24, 2.45) is 0 Å². The highest BCUT2D eigenvalue weighted by atomic mass is 16.7. The van der Waals surface area contributed by atoms with E-state index in [1.54, 1.807) is 13.4 Å². The zero-order chi connectivity index (χ0) is 13.2. The number of aliphatic hydroxyl groups excluding tert-OH is 1. The van der Waals surface area contributed by atoms with Gasteiger partial charge in [0.25, 0.3) is 0 Å². The van der Waals surface area contributed by atoms with Crippen molar-refractivity contribution in [1.82, 2.24) is 0 Å². The second-order valence-corrected chi connectivity index (χ2v) is 4.37. The highest BCUT2D eigenvalue weighted by Crippen LogP contribution is 2.38. The van der Waals surface area contributed by atoms with Crippen LogP contribution in [0.1, 0.15) is 17.4 Å². The molecule has 0 unspecified atom stereocenters. The van der Waals surface area contributed by atoms with Gasteiger partial charge in [-0.25, -0.2) is 0 Å². The summed E-state index contributed by atoms with van der Waals surface area (Å²) in [6.07, 6.45) is 1.81. The van der Waals surface area contributed by atoms with Crippen LogP contribution in [0.15, 0.2) is 22.8 Å². The Kier molecular flexibility index (Phi) is 3.42. The second kappa shape index (κ2) is 5.21. The van der Waals surface area contributed by atoms with Gasteiger partial charge in [-0.15, -0.1) is 0 Å². The number of rotatable bonds is 4. The summed E-state index contributed by atoms with van der Waals surface area (Å²) in [6.45, 7) is 1.24. The number of hydrogen-bond donors (Lipinski definition) is 1. The van der Waals surface area contributed by atoms with Gasteiger partial charge in [0.15, 0.2) is 17.6 Å². The maximum Gasteiger partial charge on any atom is 0.184 e. The second-order valence-electron chi connectivity index (χ2n) is 4.37. The molecule has 2 aromatic rings. The van der Waals surface area contributed by atoms with E-state index in [0.29, 0.717) is 31.0 Å². The fourth-order valence-corrected chi connectivity index (χ4v) is 2.42. The third-order valence-electron chi connectivity index (χ3n) is 3.27. The Balaban J connectivity index is 2.17. The lowest BCUT2D eigenvalue weighted by Gasteiger charge is -2.12. The van der Waals surface area contributed by atoms with E-state index in [1.165, 1.54) is 0 Å². The number of fused-ring (bicyclic) bond motifs is 1. The molecule has 2 heterocycles. The molecule has 1 aliphatic rings. The minimum absolute atomic E-state index is 0.0671. The average Bonchev–Trinajstić information content (AvgIpc) is 3.08. The Morgan fingerprint density at radius 3 is 2.79 bits per heavy atom. The summed E-state index contributed by atoms with van der Waals surface area (Å²) in [7, 11) is 1.60. The number of aliphatic hydroxyl groups is 1. The van der Waals surface area contributed by atoms with Crippen molar-refractivity contribution in [2.45, 2.75) is 12.7 Å². The number of furan rings is 1. The predicted molar refractivity (Wildman–Crippen MR) is 68.2 cm³/mol. The first-order chi connectivity index (χ1) is 9.35. The first-order valence-electron chi connectivity index (χ1n) is 6.26. The van der Waals surface area contributed by atoms with E-state index in [2.05, 4.69) is 0 Å². The Morgan fingerprint density at radius 2 is 2.11 bits per heavy atom. The lowest BCUT2D eigenvalue weighted by molar-refractivity contribution is -0.0430. The number of hydrogen-bond acceptors (Lipinski definition) is 5. The molecule has 5 nitrogen and oxygen atoms in total. The van der Waals surface area contributed by atoms with Gasteiger partial charge in [-0.05, 0) is 18.6 Å². The first-order valence-corrected chi connectivity index (χ1v) is 6.26. The molecule has 3 rings (SSSR count). The van der Waals surface area contributed by atoms with Crippen molar-refractivity contribution >= 4 is 11.0 Å². The third kappa shape index (κ3) is 2.10. The van der Waals surface area contributed by atoms with Crippen LogP contribution in [-0.2, 0) is 15.9 Å². The van der Waals surface area contributed by atoms with Crippen LogP contribution in [0.3, 0.4) is 0 Å². The molecule has 0 bridgehead atoms.